The Hall–Kier alpha value is -0.0800. The van der Waals surface area contributed by atoms with Gasteiger partial charge in [0, 0.05) is 12.1 Å². The molecule has 0 radical (unpaired) electrons. The molecule has 1 rings (SSSR count). The lowest BCUT2D eigenvalue weighted by molar-refractivity contribution is 0.166. The summed E-state index contributed by atoms with van der Waals surface area (Å²) in [4.78, 5) is 2.53. The SMILES string of the molecule is CCCCCCCCCCN(C)C1CCCCC1N. The van der Waals surface area contributed by atoms with E-state index < -0.39 is 0 Å². The van der Waals surface area contributed by atoms with E-state index in [2.05, 4.69) is 18.9 Å². The average molecular weight is 268 g/mol. The van der Waals surface area contributed by atoms with Gasteiger partial charge in [-0.3, -0.25) is 0 Å². The van der Waals surface area contributed by atoms with E-state index in [4.69, 9.17) is 5.73 Å². The first kappa shape index (κ1) is 17.0. The Bertz CT molecular complexity index is 205. The minimum Gasteiger partial charge on any atom is -0.326 e. The highest BCUT2D eigenvalue weighted by Gasteiger charge is 2.24. The van der Waals surface area contributed by atoms with E-state index in [9.17, 15) is 0 Å². The molecular weight excluding hydrogens is 232 g/mol. The molecule has 19 heavy (non-hydrogen) atoms. The first-order chi connectivity index (χ1) is 9.25. The number of rotatable bonds is 10. The fraction of sp³-hybridized carbons (Fsp3) is 1.00. The van der Waals surface area contributed by atoms with Crippen molar-refractivity contribution in [3.63, 3.8) is 0 Å². The third-order valence-corrected chi connectivity index (χ3v) is 4.71. The Morgan fingerprint density at radius 1 is 0.895 bits per heavy atom. The smallest absolute Gasteiger partial charge is 0.0244 e. The lowest BCUT2D eigenvalue weighted by Gasteiger charge is -2.36. The van der Waals surface area contributed by atoms with Crippen LogP contribution in [0.1, 0.15) is 84.0 Å². The summed E-state index contributed by atoms with van der Waals surface area (Å²) in [6, 6.07) is 1.08. The monoisotopic (exact) mass is 268 g/mol. The number of unbranched alkanes of at least 4 members (excludes halogenated alkanes) is 7. The fourth-order valence-electron chi connectivity index (χ4n) is 3.35. The van der Waals surface area contributed by atoms with Crippen molar-refractivity contribution in [3.05, 3.63) is 0 Å². The van der Waals surface area contributed by atoms with Crippen molar-refractivity contribution in [1.29, 1.82) is 0 Å². The van der Waals surface area contributed by atoms with Crippen LogP contribution in [0.3, 0.4) is 0 Å². The van der Waals surface area contributed by atoms with E-state index in [-0.39, 0.29) is 0 Å². The van der Waals surface area contributed by atoms with Gasteiger partial charge in [0.15, 0.2) is 0 Å². The second-order valence-electron chi connectivity index (χ2n) is 6.47. The van der Waals surface area contributed by atoms with Crippen LogP contribution in [0.5, 0.6) is 0 Å². The largest absolute Gasteiger partial charge is 0.326 e. The van der Waals surface area contributed by atoms with Crippen LogP contribution in [0.25, 0.3) is 0 Å². The van der Waals surface area contributed by atoms with Crippen molar-refractivity contribution < 1.29 is 0 Å². The summed E-state index contributed by atoms with van der Waals surface area (Å²) >= 11 is 0. The summed E-state index contributed by atoms with van der Waals surface area (Å²) in [5, 5.41) is 0. The minimum atomic E-state index is 0.424. The molecule has 0 aromatic rings. The maximum Gasteiger partial charge on any atom is 0.0244 e. The second kappa shape index (κ2) is 10.7. The summed E-state index contributed by atoms with van der Waals surface area (Å²) < 4.78 is 0. The van der Waals surface area contributed by atoms with Gasteiger partial charge in [0.1, 0.15) is 0 Å². The van der Waals surface area contributed by atoms with Gasteiger partial charge in [-0.05, 0) is 32.9 Å². The van der Waals surface area contributed by atoms with Crippen molar-refractivity contribution in [3.8, 4) is 0 Å². The lowest BCUT2D eigenvalue weighted by atomic mass is 9.90. The van der Waals surface area contributed by atoms with Crippen molar-refractivity contribution in [1.82, 2.24) is 4.90 Å². The summed E-state index contributed by atoms with van der Waals surface area (Å²) in [5.74, 6) is 0. The minimum absolute atomic E-state index is 0.424. The molecule has 0 amide bonds. The van der Waals surface area contributed by atoms with Crippen LogP contribution in [0.4, 0.5) is 0 Å². The van der Waals surface area contributed by atoms with Gasteiger partial charge in [0.25, 0.3) is 0 Å². The van der Waals surface area contributed by atoms with E-state index in [1.165, 1.54) is 83.6 Å². The summed E-state index contributed by atoms with van der Waals surface area (Å²) in [6.45, 7) is 3.53. The molecule has 0 saturated heterocycles. The Morgan fingerprint density at radius 2 is 1.47 bits per heavy atom. The second-order valence-corrected chi connectivity index (χ2v) is 6.47. The van der Waals surface area contributed by atoms with Crippen LogP contribution in [-0.4, -0.2) is 30.6 Å². The quantitative estimate of drug-likeness (QED) is 0.598. The van der Waals surface area contributed by atoms with Crippen molar-refractivity contribution in [2.75, 3.05) is 13.6 Å². The van der Waals surface area contributed by atoms with E-state index in [1.54, 1.807) is 0 Å². The molecule has 2 nitrogen and oxygen atoms in total. The highest BCUT2D eigenvalue weighted by atomic mass is 15.1. The number of hydrogen-bond acceptors (Lipinski definition) is 2. The van der Waals surface area contributed by atoms with E-state index >= 15 is 0 Å². The topological polar surface area (TPSA) is 29.3 Å². The molecule has 1 aliphatic rings. The maximum absolute atomic E-state index is 6.24. The van der Waals surface area contributed by atoms with E-state index in [0.29, 0.717) is 12.1 Å². The molecule has 1 aliphatic carbocycles. The van der Waals surface area contributed by atoms with Gasteiger partial charge >= 0.3 is 0 Å². The van der Waals surface area contributed by atoms with Crippen molar-refractivity contribution in [2.24, 2.45) is 5.73 Å². The molecule has 114 valence electrons. The van der Waals surface area contributed by atoms with Gasteiger partial charge in [0.2, 0.25) is 0 Å². The Kier molecular flexibility index (Phi) is 9.54. The van der Waals surface area contributed by atoms with Crippen LogP contribution in [0.15, 0.2) is 0 Å². The van der Waals surface area contributed by atoms with Gasteiger partial charge in [-0.15, -0.1) is 0 Å². The predicted molar refractivity (Wildman–Crippen MR) is 85.5 cm³/mol. The molecule has 0 heterocycles. The van der Waals surface area contributed by atoms with Crippen LogP contribution in [0, 0.1) is 0 Å². The molecule has 2 atom stereocenters. The molecule has 0 bridgehead atoms. The van der Waals surface area contributed by atoms with Gasteiger partial charge in [0.05, 0.1) is 0 Å². The van der Waals surface area contributed by atoms with Gasteiger partial charge < -0.3 is 10.6 Å². The highest BCUT2D eigenvalue weighted by Crippen LogP contribution is 2.21. The summed E-state index contributed by atoms with van der Waals surface area (Å²) in [7, 11) is 2.27. The molecule has 1 fully saturated rings. The molecule has 1 saturated carbocycles. The zero-order valence-electron chi connectivity index (χ0n) is 13.4. The average Bonchev–Trinajstić information content (AvgIpc) is 2.42. The van der Waals surface area contributed by atoms with Crippen molar-refractivity contribution >= 4 is 0 Å². The maximum atomic E-state index is 6.24. The molecule has 2 N–H and O–H groups in total. The Labute approximate surface area is 121 Å². The van der Waals surface area contributed by atoms with Crippen LogP contribution in [-0.2, 0) is 0 Å². The third-order valence-electron chi connectivity index (χ3n) is 4.71. The number of nitrogens with zero attached hydrogens (tertiary/aromatic N) is 1. The number of nitrogens with two attached hydrogens (primary N) is 1. The zero-order valence-corrected chi connectivity index (χ0v) is 13.4. The van der Waals surface area contributed by atoms with E-state index in [0.717, 1.165) is 0 Å². The van der Waals surface area contributed by atoms with Crippen LogP contribution in [0.2, 0.25) is 0 Å². The number of likely N-dealkylation sites (N-methyl/N-ethyl adjacent to an activating group) is 1. The standard InChI is InChI=1S/C17H36N2/c1-3-4-5-6-7-8-9-12-15-19(2)17-14-11-10-13-16(17)18/h16-17H,3-15,18H2,1-2H3. The summed E-state index contributed by atoms with van der Waals surface area (Å²) in [5.41, 5.74) is 6.24. The first-order valence-corrected chi connectivity index (χ1v) is 8.71. The lowest BCUT2D eigenvalue weighted by Crippen LogP contribution is -2.48. The fourth-order valence-corrected chi connectivity index (χ4v) is 3.35. The van der Waals surface area contributed by atoms with Gasteiger partial charge in [-0.25, -0.2) is 0 Å². The highest BCUT2D eigenvalue weighted by molar-refractivity contribution is 4.84. The molecule has 0 aromatic heterocycles. The molecule has 2 heteroatoms. The molecule has 0 aromatic carbocycles. The van der Waals surface area contributed by atoms with Gasteiger partial charge in [-0.2, -0.15) is 0 Å². The summed E-state index contributed by atoms with van der Waals surface area (Å²) in [6.07, 6.45) is 16.5. The molecule has 0 aliphatic heterocycles. The Morgan fingerprint density at radius 3 is 2.11 bits per heavy atom. The Balaban J connectivity index is 1.96. The molecule has 2 unspecified atom stereocenters. The predicted octanol–water partition coefficient (Wildman–Crippen LogP) is 4.33. The van der Waals surface area contributed by atoms with E-state index in [1.807, 2.05) is 0 Å². The van der Waals surface area contributed by atoms with Crippen LogP contribution < -0.4 is 5.73 Å². The van der Waals surface area contributed by atoms with Gasteiger partial charge in [-0.1, -0.05) is 64.7 Å². The third kappa shape index (κ3) is 7.31. The normalized spacial score (nSPS) is 24.0. The first-order valence-electron chi connectivity index (χ1n) is 8.71. The number of hydrogen-bond donors (Lipinski definition) is 1. The van der Waals surface area contributed by atoms with Crippen LogP contribution >= 0.6 is 0 Å². The zero-order chi connectivity index (χ0) is 13.9. The van der Waals surface area contributed by atoms with Crippen molar-refractivity contribution in [2.45, 2.75) is 96.1 Å². The molecular formula is C17H36N2. The molecule has 0 spiro atoms.